The third-order valence-corrected chi connectivity index (χ3v) is 5.75. The number of carboxylic acids is 1. The highest BCUT2D eigenvalue weighted by molar-refractivity contribution is 6.30. The number of aliphatic hydroxyl groups is 1. The van der Waals surface area contributed by atoms with E-state index in [1.165, 1.54) is 30.3 Å². The number of carboxylic acid groups (broad SMARTS) is 1. The number of rotatable bonds is 9. The normalized spacial score (nSPS) is 16.0. The van der Waals surface area contributed by atoms with Gasteiger partial charge in [0.05, 0.1) is 37.7 Å². The average Bonchev–Trinajstić information content (AvgIpc) is 2.82. The van der Waals surface area contributed by atoms with Gasteiger partial charge in [-0.2, -0.15) is 0 Å². The van der Waals surface area contributed by atoms with Crippen molar-refractivity contribution in [3.8, 4) is 5.75 Å². The molecule has 0 aromatic heterocycles. The first-order valence-electron chi connectivity index (χ1n) is 11.7. The van der Waals surface area contributed by atoms with Gasteiger partial charge in [-0.1, -0.05) is 17.7 Å². The summed E-state index contributed by atoms with van der Waals surface area (Å²) >= 11 is 6.16. The molecule has 0 spiro atoms. The molecule has 2 aromatic rings. The van der Waals surface area contributed by atoms with E-state index in [-0.39, 0.29) is 35.4 Å². The number of aliphatic imine (C=N–C) groups is 1. The summed E-state index contributed by atoms with van der Waals surface area (Å²) in [7, 11) is 0. The molecule has 11 nitrogen and oxygen atoms in total. The van der Waals surface area contributed by atoms with Gasteiger partial charge in [-0.15, -0.1) is 0 Å². The smallest absolute Gasteiger partial charge is 0.305 e. The molecule has 0 bridgehead atoms. The molecule has 0 fully saturated rings. The number of hydrogen-bond acceptors (Lipinski definition) is 8. The van der Waals surface area contributed by atoms with E-state index in [1.807, 2.05) is 0 Å². The fraction of sp³-hybridized carbons (Fsp3) is 0.360. The number of phenolic OH excluding ortho intramolecular Hbond substituents is 1. The van der Waals surface area contributed by atoms with Crippen molar-refractivity contribution >= 4 is 41.0 Å². The van der Waals surface area contributed by atoms with E-state index in [9.17, 15) is 34.1 Å². The van der Waals surface area contributed by atoms with Gasteiger partial charge in [-0.05, 0) is 49.2 Å². The van der Waals surface area contributed by atoms with Crippen LogP contribution in [0, 0.1) is 0 Å². The molecule has 3 rings (SSSR count). The van der Waals surface area contributed by atoms with Crippen molar-refractivity contribution in [2.24, 2.45) is 4.99 Å². The molecule has 0 aliphatic carbocycles. The molecule has 1 aliphatic heterocycles. The van der Waals surface area contributed by atoms with Gasteiger partial charge in [-0.3, -0.25) is 14.4 Å². The Morgan fingerprint density at radius 3 is 2.58 bits per heavy atom. The molecule has 2 amide bonds. The molecule has 1 unspecified atom stereocenters. The van der Waals surface area contributed by atoms with Gasteiger partial charge < -0.3 is 36.6 Å². The van der Waals surface area contributed by atoms with Gasteiger partial charge in [-0.25, -0.2) is 9.38 Å². The fourth-order valence-electron chi connectivity index (χ4n) is 3.65. The number of benzene rings is 2. The molecular formula is C25H29ClFN5O6. The quantitative estimate of drug-likeness (QED) is 0.249. The number of alkyl halides is 1. The van der Waals surface area contributed by atoms with Crippen LogP contribution in [0.2, 0.25) is 5.02 Å². The molecule has 0 radical (unpaired) electrons. The van der Waals surface area contributed by atoms with Crippen LogP contribution in [0.3, 0.4) is 0 Å². The summed E-state index contributed by atoms with van der Waals surface area (Å²) in [4.78, 5) is 40.7. The van der Waals surface area contributed by atoms with E-state index >= 15 is 0 Å². The number of guanidine groups is 1. The number of aliphatic carboxylic acids is 1. The second-order valence-corrected chi connectivity index (χ2v) is 9.73. The van der Waals surface area contributed by atoms with Gasteiger partial charge in [0.25, 0.3) is 5.91 Å². The lowest BCUT2D eigenvalue weighted by Gasteiger charge is -2.23. The number of amides is 2. The van der Waals surface area contributed by atoms with E-state index in [4.69, 9.17) is 11.6 Å². The Hall–Kier alpha value is -3.90. The number of nitrogens with zero attached hydrogens (tertiary/aromatic N) is 1. The number of anilines is 1. The zero-order chi connectivity index (χ0) is 28.0. The Bertz CT molecular complexity index is 1250. The number of carbonyl (C=O) groups excluding carboxylic acids is 2. The van der Waals surface area contributed by atoms with E-state index < -0.39 is 48.6 Å². The van der Waals surface area contributed by atoms with Crippen molar-refractivity contribution in [3.63, 3.8) is 0 Å². The van der Waals surface area contributed by atoms with E-state index in [2.05, 4.69) is 26.3 Å². The SMILES string of the molecule is CC(C)(O)c1cc(Cl)cc([C@H](CC(=O)O)NC(=O)CNC(=O)c2cc(O)cc(NC3=NCC(F)CN3)c2)c1. The summed E-state index contributed by atoms with van der Waals surface area (Å²) in [5.41, 5.74) is -0.0979. The third-order valence-electron chi connectivity index (χ3n) is 5.53. The third kappa shape index (κ3) is 8.32. The molecule has 204 valence electrons. The minimum absolute atomic E-state index is 0.0201. The second kappa shape index (κ2) is 12.1. The van der Waals surface area contributed by atoms with E-state index in [0.29, 0.717) is 16.8 Å². The molecule has 7 N–H and O–H groups in total. The van der Waals surface area contributed by atoms with Crippen LogP contribution in [0.4, 0.5) is 10.1 Å². The van der Waals surface area contributed by atoms with Crippen LogP contribution in [0.25, 0.3) is 0 Å². The first kappa shape index (κ1) is 28.7. The van der Waals surface area contributed by atoms with Crippen LogP contribution >= 0.6 is 11.6 Å². The molecule has 1 heterocycles. The Labute approximate surface area is 223 Å². The van der Waals surface area contributed by atoms with Gasteiger partial charge >= 0.3 is 5.97 Å². The number of phenols is 1. The molecule has 38 heavy (non-hydrogen) atoms. The number of aromatic hydroxyl groups is 1. The predicted octanol–water partition coefficient (Wildman–Crippen LogP) is 2.04. The van der Waals surface area contributed by atoms with Crippen molar-refractivity contribution in [3.05, 3.63) is 58.1 Å². The van der Waals surface area contributed by atoms with Crippen LogP contribution in [-0.2, 0) is 15.2 Å². The Balaban J connectivity index is 1.67. The lowest BCUT2D eigenvalue weighted by Crippen LogP contribution is -2.41. The largest absolute Gasteiger partial charge is 0.508 e. The number of halogens is 2. The highest BCUT2D eigenvalue weighted by Gasteiger charge is 2.23. The summed E-state index contributed by atoms with van der Waals surface area (Å²) < 4.78 is 13.2. The molecule has 1 aliphatic rings. The van der Waals surface area contributed by atoms with E-state index in [0.717, 1.165) is 0 Å². The van der Waals surface area contributed by atoms with Crippen LogP contribution in [0.15, 0.2) is 41.4 Å². The van der Waals surface area contributed by atoms with Crippen LogP contribution in [-0.4, -0.2) is 64.9 Å². The summed E-state index contributed by atoms with van der Waals surface area (Å²) in [6.07, 6.45) is -1.57. The molecule has 0 saturated heterocycles. The van der Waals surface area contributed by atoms with Crippen molar-refractivity contribution in [2.75, 3.05) is 25.0 Å². The Morgan fingerprint density at radius 2 is 1.95 bits per heavy atom. The monoisotopic (exact) mass is 549 g/mol. The molecule has 2 atom stereocenters. The molecule has 13 heteroatoms. The maximum atomic E-state index is 13.2. The summed E-state index contributed by atoms with van der Waals surface area (Å²) in [6, 6.07) is 7.56. The molecular weight excluding hydrogens is 521 g/mol. The van der Waals surface area contributed by atoms with E-state index in [1.54, 1.807) is 19.9 Å². The average molecular weight is 550 g/mol. The number of carbonyl (C=O) groups is 3. The maximum absolute atomic E-state index is 13.2. The molecule has 2 aromatic carbocycles. The van der Waals surface area contributed by atoms with Crippen molar-refractivity contribution in [1.29, 1.82) is 0 Å². The number of hydrogen-bond donors (Lipinski definition) is 7. The Morgan fingerprint density at radius 1 is 1.21 bits per heavy atom. The minimum Gasteiger partial charge on any atom is -0.508 e. The first-order valence-corrected chi connectivity index (χ1v) is 12.0. The summed E-state index contributed by atoms with van der Waals surface area (Å²) in [6.45, 7) is 2.66. The van der Waals surface area contributed by atoms with Gasteiger partial charge in [0, 0.05) is 22.3 Å². The maximum Gasteiger partial charge on any atom is 0.305 e. The van der Waals surface area contributed by atoms with Gasteiger partial charge in [0.15, 0.2) is 5.96 Å². The highest BCUT2D eigenvalue weighted by atomic mass is 35.5. The fourth-order valence-corrected chi connectivity index (χ4v) is 3.90. The summed E-state index contributed by atoms with van der Waals surface area (Å²) in [5.74, 6) is -2.47. The van der Waals surface area contributed by atoms with Crippen LogP contribution in [0.5, 0.6) is 5.75 Å². The zero-order valence-electron chi connectivity index (χ0n) is 20.7. The van der Waals surface area contributed by atoms with Crippen molar-refractivity contribution in [1.82, 2.24) is 16.0 Å². The minimum atomic E-state index is -1.25. The topological polar surface area (TPSA) is 172 Å². The van der Waals surface area contributed by atoms with Gasteiger partial charge in [0.1, 0.15) is 11.9 Å². The van der Waals surface area contributed by atoms with Crippen LogP contribution < -0.4 is 21.3 Å². The first-order chi connectivity index (χ1) is 17.8. The highest BCUT2D eigenvalue weighted by Crippen LogP contribution is 2.29. The van der Waals surface area contributed by atoms with Crippen molar-refractivity contribution < 1.29 is 34.1 Å². The predicted molar refractivity (Wildman–Crippen MR) is 139 cm³/mol. The number of nitrogens with one attached hydrogen (secondary N) is 4. The standard InChI is InChI=1S/C25H29ClFN5O6/c1-25(2,38)15-3-13(4-16(26)7-15)20(9-22(35)36)32-21(34)12-28-23(37)14-5-18(8-19(33)6-14)31-24-29-10-17(27)11-30-24/h3-8,17,20,33,38H,9-12H2,1-2H3,(H,28,37)(H,32,34)(H,35,36)(H2,29,30,31)/t20-/m0/s1. The molecule has 0 saturated carbocycles. The lowest BCUT2D eigenvalue weighted by atomic mass is 9.93. The van der Waals surface area contributed by atoms with Crippen molar-refractivity contribution in [2.45, 2.75) is 38.1 Å². The van der Waals surface area contributed by atoms with Gasteiger partial charge in [0.2, 0.25) is 5.91 Å². The second-order valence-electron chi connectivity index (χ2n) is 9.29. The lowest BCUT2D eigenvalue weighted by molar-refractivity contribution is -0.137. The zero-order valence-corrected chi connectivity index (χ0v) is 21.5. The summed E-state index contributed by atoms with van der Waals surface area (Å²) in [5, 5.41) is 40.5. The van der Waals surface area contributed by atoms with Crippen LogP contribution in [0.1, 0.15) is 47.8 Å². The Kier molecular flexibility index (Phi) is 9.13.